The molecule has 0 aliphatic carbocycles. The summed E-state index contributed by atoms with van der Waals surface area (Å²) in [7, 11) is 8.52. The molecule has 1 aliphatic heterocycles. The lowest BCUT2D eigenvalue weighted by atomic mass is 10.1. The normalized spacial score (nSPS) is 19.1. The average molecular weight is 270 g/mol. The van der Waals surface area contributed by atoms with E-state index < -0.39 is 0 Å². The minimum atomic E-state index is 0.0476. The predicted molar refractivity (Wildman–Crippen MR) is 80.0 cm³/mol. The zero-order valence-corrected chi connectivity index (χ0v) is 14.0. The van der Waals surface area contributed by atoms with E-state index in [0.717, 1.165) is 6.54 Å². The molecule has 0 atom stereocenters. The van der Waals surface area contributed by atoms with Crippen molar-refractivity contribution in [1.82, 2.24) is 20.0 Å². The van der Waals surface area contributed by atoms with Crippen LogP contribution in [-0.4, -0.2) is 65.2 Å². The molecule has 1 heterocycles. The van der Waals surface area contributed by atoms with Gasteiger partial charge in [-0.1, -0.05) is 23.4 Å². The van der Waals surface area contributed by atoms with Crippen molar-refractivity contribution in [3.05, 3.63) is 12.4 Å². The van der Waals surface area contributed by atoms with E-state index in [1.54, 1.807) is 0 Å². The third kappa shape index (κ3) is 2.73. The van der Waals surface area contributed by atoms with Gasteiger partial charge in [0.05, 0.1) is 24.5 Å². The van der Waals surface area contributed by atoms with Crippen LogP contribution in [0.1, 0.15) is 40.5 Å². The van der Waals surface area contributed by atoms with Gasteiger partial charge < -0.3 is 0 Å². The van der Waals surface area contributed by atoms with Gasteiger partial charge in [-0.15, -0.1) is 0 Å². The summed E-state index contributed by atoms with van der Waals surface area (Å²) in [5, 5.41) is 9.24. The van der Waals surface area contributed by atoms with E-state index in [0.29, 0.717) is 4.92 Å². The molecule has 0 aromatic carbocycles. The first-order valence-corrected chi connectivity index (χ1v) is 7.19. The number of rotatable bonds is 5. The van der Waals surface area contributed by atoms with Crippen LogP contribution in [0.4, 0.5) is 0 Å². The van der Waals surface area contributed by atoms with E-state index in [4.69, 9.17) is 0 Å². The van der Waals surface area contributed by atoms with E-state index in [9.17, 15) is 0 Å². The molecule has 1 rings (SSSR count). The fourth-order valence-electron chi connectivity index (χ4n) is 2.80. The summed E-state index contributed by atoms with van der Waals surface area (Å²) < 4.78 is 0. The molecule has 19 heavy (non-hydrogen) atoms. The van der Waals surface area contributed by atoms with Gasteiger partial charge in [0.15, 0.2) is 0 Å². The Kier molecular flexibility index (Phi) is 4.87. The lowest BCUT2D eigenvalue weighted by molar-refractivity contribution is -1.27. The van der Waals surface area contributed by atoms with Gasteiger partial charge in [0.2, 0.25) is 0 Å². The second-order valence-corrected chi connectivity index (χ2v) is 6.56. The van der Waals surface area contributed by atoms with Gasteiger partial charge in [0.25, 0.3) is 0 Å². The number of hydrogen-bond acceptors (Lipinski definition) is 4. The molecule has 0 radical (unpaired) electrons. The topological polar surface area (TPSA) is 13.0 Å². The Balaban J connectivity index is 3.18. The summed E-state index contributed by atoms with van der Waals surface area (Å²) in [6.45, 7) is 10.0. The Morgan fingerprint density at radius 2 is 1.53 bits per heavy atom. The molecule has 0 fully saturated rings. The van der Waals surface area contributed by atoms with Gasteiger partial charge in [-0.05, 0) is 27.2 Å². The van der Waals surface area contributed by atoms with Gasteiger partial charge in [0.1, 0.15) is 0 Å². The highest BCUT2D eigenvalue weighted by Gasteiger charge is 2.53. The van der Waals surface area contributed by atoms with Crippen LogP contribution in [0.2, 0.25) is 0 Å². The highest BCUT2D eigenvalue weighted by atomic mass is 16.3. The lowest BCUT2D eigenvalue weighted by Crippen LogP contribution is -2.77. The number of quaternary nitrogens is 1. The smallest absolute Gasteiger partial charge is 0.0878 e. The molecule has 0 saturated carbocycles. The second kappa shape index (κ2) is 5.69. The van der Waals surface area contributed by atoms with Crippen LogP contribution in [0.3, 0.4) is 0 Å². The van der Waals surface area contributed by atoms with Crippen LogP contribution in [0, 0.1) is 0 Å². The second-order valence-electron chi connectivity index (χ2n) is 6.56. The van der Waals surface area contributed by atoms with Crippen LogP contribution in [0.25, 0.3) is 0 Å². The Morgan fingerprint density at radius 3 is 1.89 bits per heavy atom. The Labute approximate surface area is 119 Å². The number of hydrogen-bond donors (Lipinski definition) is 0. The van der Waals surface area contributed by atoms with Gasteiger partial charge in [0, 0.05) is 33.1 Å². The molecule has 0 bridgehead atoms. The van der Waals surface area contributed by atoms with E-state index in [-0.39, 0.29) is 5.54 Å². The maximum Gasteiger partial charge on any atom is 0.0878 e. The van der Waals surface area contributed by atoms with E-state index in [1.807, 2.05) is 0 Å². The van der Waals surface area contributed by atoms with E-state index in [2.05, 4.69) is 88.3 Å². The first-order chi connectivity index (χ1) is 8.68. The molecule has 1 aliphatic rings. The SMILES string of the molecule is CCCCN1C=CN(C(C)(C)C)[N+]1(N(C)C)N(C)C. The third-order valence-corrected chi connectivity index (χ3v) is 3.52. The van der Waals surface area contributed by atoms with Gasteiger partial charge >= 0.3 is 0 Å². The summed E-state index contributed by atoms with van der Waals surface area (Å²) >= 11 is 0. The molecule has 0 amide bonds. The first kappa shape index (κ1) is 16.3. The highest BCUT2D eigenvalue weighted by Crippen LogP contribution is 2.34. The predicted octanol–water partition coefficient (Wildman–Crippen LogP) is 2.27. The quantitative estimate of drug-likeness (QED) is 0.711. The molecule has 0 unspecified atom stereocenters. The van der Waals surface area contributed by atoms with E-state index >= 15 is 0 Å². The van der Waals surface area contributed by atoms with Crippen LogP contribution in [0.15, 0.2) is 12.4 Å². The summed E-state index contributed by atoms with van der Waals surface area (Å²) in [5.74, 6) is 0. The van der Waals surface area contributed by atoms with Crippen LogP contribution >= 0.6 is 0 Å². The fourth-order valence-corrected chi connectivity index (χ4v) is 2.80. The minimum absolute atomic E-state index is 0.0476. The Hall–Kier alpha value is -0.780. The molecule has 0 N–H and O–H groups in total. The van der Waals surface area contributed by atoms with Crippen molar-refractivity contribution < 1.29 is 4.92 Å². The molecule has 0 saturated heterocycles. The van der Waals surface area contributed by atoms with E-state index in [1.165, 1.54) is 12.8 Å². The maximum absolute atomic E-state index is 2.38. The van der Waals surface area contributed by atoms with Crippen LogP contribution < -0.4 is 0 Å². The lowest BCUT2D eigenvalue weighted by Gasteiger charge is -2.53. The number of nitrogens with zero attached hydrogens (tertiary/aromatic N) is 5. The van der Waals surface area contributed by atoms with Crippen molar-refractivity contribution in [3.63, 3.8) is 0 Å². The van der Waals surface area contributed by atoms with Crippen LogP contribution in [-0.2, 0) is 0 Å². The van der Waals surface area contributed by atoms with Crippen molar-refractivity contribution in [2.45, 2.75) is 46.1 Å². The highest BCUT2D eigenvalue weighted by molar-refractivity contribution is 4.88. The Bertz CT molecular complexity index is 308. The molecular weight excluding hydrogens is 238 g/mol. The first-order valence-electron chi connectivity index (χ1n) is 7.19. The van der Waals surface area contributed by atoms with Crippen molar-refractivity contribution >= 4 is 0 Å². The summed E-state index contributed by atoms with van der Waals surface area (Å²) in [6.07, 6.45) is 6.82. The van der Waals surface area contributed by atoms with Crippen molar-refractivity contribution in [2.75, 3.05) is 34.7 Å². The zero-order chi connectivity index (χ0) is 14.8. The van der Waals surface area contributed by atoms with Gasteiger partial charge in [-0.2, -0.15) is 10.0 Å². The molecule has 0 aromatic rings. The summed E-state index contributed by atoms with van der Waals surface area (Å²) in [5.41, 5.74) is 0.0476. The summed E-state index contributed by atoms with van der Waals surface area (Å²) in [6, 6.07) is 0. The average Bonchev–Trinajstić information content (AvgIpc) is 2.65. The molecule has 5 heteroatoms. The fraction of sp³-hybridized carbons (Fsp3) is 0.857. The molecular formula is C14H32N5+. The molecule has 112 valence electrons. The standard InChI is InChI=1S/C14H32N5/c1-9-10-11-17-12-13-18(14(2,3)4)19(17,15(5)6)16(7)8/h12-13H,9-11H2,1-8H3/q+1. The molecule has 0 spiro atoms. The van der Waals surface area contributed by atoms with Crippen molar-refractivity contribution in [3.8, 4) is 0 Å². The molecule has 0 aromatic heterocycles. The minimum Gasteiger partial charge on any atom is -0.166 e. The maximum atomic E-state index is 2.38. The monoisotopic (exact) mass is 270 g/mol. The molecule has 5 nitrogen and oxygen atoms in total. The third-order valence-electron chi connectivity index (χ3n) is 3.52. The zero-order valence-electron chi connectivity index (χ0n) is 14.0. The van der Waals surface area contributed by atoms with Crippen LogP contribution in [0.5, 0.6) is 0 Å². The van der Waals surface area contributed by atoms with Gasteiger partial charge in [-0.25, -0.2) is 0 Å². The number of unbranched alkanes of at least 4 members (excludes halogenated alkanes) is 1. The van der Waals surface area contributed by atoms with Gasteiger partial charge in [-0.3, -0.25) is 0 Å². The van der Waals surface area contributed by atoms with Crippen molar-refractivity contribution in [2.24, 2.45) is 0 Å². The van der Waals surface area contributed by atoms with Crippen molar-refractivity contribution in [1.29, 1.82) is 0 Å². The summed E-state index contributed by atoms with van der Waals surface area (Å²) in [4.78, 5) is 0.587. The Morgan fingerprint density at radius 1 is 1.00 bits per heavy atom. The largest absolute Gasteiger partial charge is 0.166 e.